The molecule has 0 spiro atoms. The Balaban J connectivity index is 1.20. The first-order valence-corrected chi connectivity index (χ1v) is 14.0. The largest absolute Gasteiger partial charge is 0.352 e. The summed E-state index contributed by atoms with van der Waals surface area (Å²) in [5.41, 5.74) is 3.81. The summed E-state index contributed by atoms with van der Waals surface area (Å²) in [5.74, 6) is 0.175. The number of carbonyl (C=O) groups is 1. The lowest BCUT2D eigenvalue weighted by molar-refractivity contribution is -0.123. The SMILES string of the molecule is O=C(CN1CCC(NS(=O)(=O)c2ccccc2)C1)NC1CCc2ccccc2C1Cc1cccnc1. The molecular formula is C28H32N4O3S. The standard InChI is InChI=1S/C28H32N4O3S/c33-28(20-32-16-14-23(19-32)31-36(34,35)24-9-2-1-3-10-24)30-27-13-12-22-8-4-5-11-25(22)26(27)17-21-7-6-15-29-18-21/h1-11,15,18,23,26-27,31H,12-14,16-17,19-20H2,(H,30,33). The number of hydrogen-bond acceptors (Lipinski definition) is 5. The summed E-state index contributed by atoms with van der Waals surface area (Å²) in [6.07, 6.45) is 7.02. The molecule has 3 unspecified atom stereocenters. The Hall–Kier alpha value is -3.07. The number of benzene rings is 2. The van der Waals surface area contributed by atoms with Crippen molar-refractivity contribution in [2.24, 2.45) is 0 Å². The minimum atomic E-state index is -3.57. The summed E-state index contributed by atoms with van der Waals surface area (Å²) in [6.45, 7) is 1.47. The first kappa shape index (κ1) is 24.6. The van der Waals surface area contributed by atoms with Gasteiger partial charge in [0.2, 0.25) is 15.9 Å². The number of fused-ring (bicyclic) bond motifs is 1. The zero-order valence-corrected chi connectivity index (χ0v) is 21.0. The van der Waals surface area contributed by atoms with Gasteiger partial charge in [-0.15, -0.1) is 0 Å². The molecule has 1 saturated heterocycles. The molecule has 7 nitrogen and oxygen atoms in total. The van der Waals surface area contributed by atoms with E-state index < -0.39 is 10.0 Å². The second-order valence-corrected chi connectivity index (χ2v) is 11.5. The van der Waals surface area contributed by atoms with E-state index in [-0.39, 0.29) is 35.3 Å². The number of pyridine rings is 1. The van der Waals surface area contributed by atoms with E-state index in [1.165, 1.54) is 11.1 Å². The van der Waals surface area contributed by atoms with Crippen molar-refractivity contribution in [1.29, 1.82) is 0 Å². The Morgan fingerprint density at radius 3 is 2.61 bits per heavy atom. The van der Waals surface area contributed by atoms with Gasteiger partial charge >= 0.3 is 0 Å². The molecule has 3 atom stereocenters. The van der Waals surface area contributed by atoms with E-state index in [1.807, 2.05) is 17.2 Å². The van der Waals surface area contributed by atoms with Gasteiger partial charge in [0.05, 0.1) is 11.4 Å². The molecule has 2 aliphatic rings. The summed E-state index contributed by atoms with van der Waals surface area (Å²) >= 11 is 0. The van der Waals surface area contributed by atoms with Crippen molar-refractivity contribution in [2.45, 2.75) is 48.6 Å². The van der Waals surface area contributed by atoms with Crippen LogP contribution in [0.3, 0.4) is 0 Å². The zero-order valence-electron chi connectivity index (χ0n) is 20.2. The van der Waals surface area contributed by atoms with Gasteiger partial charge < -0.3 is 5.32 Å². The second kappa shape index (κ2) is 10.9. The fourth-order valence-corrected chi connectivity index (χ4v) is 6.75. The number of nitrogens with one attached hydrogen (secondary N) is 2. The smallest absolute Gasteiger partial charge is 0.240 e. The van der Waals surface area contributed by atoms with Gasteiger partial charge in [-0.25, -0.2) is 13.1 Å². The highest BCUT2D eigenvalue weighted by Gasteiger charge is 2.32. The zero-order chi connectivity index (χ0) is 25.0. The Labute approximate surface area is 213 Å². The number of sulfonamides is 1. The Bertz CT molecular complexity index is 1280. The monoisotopic (exact) mass is 504 g/mol. The lowest BCUT2D eigenvalue weighted by Crippen LogP contribution is -2.46. The number of amides is 1. The summed E-state index contributed by atoms with van der Waals surface area (Å²) < 4.78 is 28.1. The number of nitrogens with zero attached hydrogens (tertiary/aromatic N) is 2. The molecular weight excluding hydrogens is 472 g/mol. The van der Waals surface area contributed by atoms with Crippen LogP contribution in [0.5, 0.6) is 0 Å². The lowest BCUT2D eigenvalue weighted by atomic mass is 9.76. The number of hydrogen-bond donors (Lipinski definition) is 2. The quantitative estimate of drug-likeness (QED) is 0.492. The highest BCUT2D eigenvalue weighted by molar-refractivity contribution is 7.89. The third-order valence-electron chi connectivity index (χ3n) is 7.20. The van der Waals surface area contributed by atoms with Crippen LogP contribution in [0.25, 0.3) is 0 Å². The number of aryl methyl sites for hydroxylation is 1. The molecule has 2 N–H and O–H groups in total. The van der Waals surface area contributed by atoms with Gasteiger partial charge in [-0.1, -0.05) is 48.5 Å². The van der Waals surface area contributed by atoms with Crippen molar-refractivity contribution in [3.63, 3.8) is 0 Å². The van der Waals surface area contributed by atoms with Crippen LogP contribution in [0.1, 0.15) is 35.4 Å². The van der Waals surface area contributed by atoms with Gasteiger partial charge in [0.25, 0.3) is 0 Å². The molecule has 0 radical (unpaired) electrons. The van der Waals surface area contributed by atoms with Crippen LogP contribution < -0.4 is 10.0 Å². The third kappa shape index (κ3) is 5.83. The van der Waals surface area contributed by atoms with Crippen molar-refractivity contribution < 1.29 is 13.2 Å². The maximum Gasteiger partial charge on any atom is 0.240 e. The third-order valence-corrected chi connectivity index (χ3v) is 8.74. The van der Waals surface area contributed by atoms with Gasteiger partial charge in [-0.3, -0.25) is 14.7 Å². The fourth-order valence-electron chi connectivity index (χ4n) is 5.47. The molecule has 8 heteroatoms. The van der Waals surface area contributed by atoms with Crippen molar-refractivity contribution in [2.75, 3.05) is 19.6 Å². The molecule has 1 fully saturated rings. The summed E-state index contributed by atoms with van der Waals surface area (Å²) in [4.78, 5) is 19.6. The number of rotatable bonds is 8. The molecule has 2 aromatic carbocycles. The molecule has 1 aliphatic carbocycles. The van der Waals surface area contributed by atoms with Crippen molar-refractivity contribution >= 4 is 15.9 Å². The molecule has 3 aromatic rings. The predicted molar refractivity (Wildman–Crippen MR) is 139 cm³/mol. The molecule has 5 rings (SSSR count). The average molecular weight is 505 g/mol. The highest BCUT2D eigenvalue weighted by atomic mass is 32.2. The van der Waals surface area contributed by atoms with Crippen LogP contribution in [0, 0.1) is 0 Å². The van der Waals surface area contributed by atoms with Crippen molar-refractivity contribution in [3.8, 4) is 0 Å². The van der Waals surface area contributed by atoms with Gasteiger partial charge in [0.15, 0.2) is 0 Å². The first-order chi connectivity index (χ1) is 17.5. The van der Waals surface area contributed by atoms with E-state index in [2.05, 4.69) is 45.4 Å². The molecule has 2 heterocycles. The van der Waals surface area contributed by atoms with Crippen molar-refractivity contribution in [3.05, 3.63) is 95.8 Å². The van der Waals surface area contributed by atoms with E-state index in [1.54, 1.807) is 36.5 Å². The van der Waals surface area contributed by atoms with Crippen molar-refractivity contribution in [1.82, 2.24) is 19.9 Å². The molecule has 36 heavy (non-hydrogen) atoms. The number of aromatic nitrogens is 1. The summed E-state index contributed by atoms with van der Waals surface area (Å²) in [6, 6.07) is 20.8. The van der Waals surface area contributed by atoms with Gasteiger partial charge in [0.1, 0.15) is 0 Å². The van der Waals surface area contributed by atoms with E-state index in [4.69, 9.17) is 0 Å². The second-order valence-electron chi connectivity index (χ2n) is 9.74. The Morgan fingerprint density at radius 2 is 1.81 bits per heavy atom. The Kier molecular flexibility index (Phi) is 7.46. The molecule has 0 saturated carbocycles. The summed E-state index contributed by atoms with van der Waals surface area (Å²) in [5, 5.41) is 3.31. The minimum absolute atomic E-state index is 0.0119. The molecule has 0 bridgehead atoms. The van der Waals surface area contributed by atoms with Gasteiger partial charge in [0, 0.05) is 43.5 Å². The first-order valence-electron chi connectivity index (χ1n) is 12.5. The number of carbonyl (C=O) groups excluding carboxylic acids is 1. The van der Waals surface area contributed by atoms with Gasteiger partial charge in [-0.2, -0.15) is 0 Å². The van der Waals surface area contributed by atoms with E-state index in [9.17, 15) is 13.2 Å². The normalized spacial score (nSPS) is 22.2. The average Bonchev–Trinajstić information content (AvgIpc) is 3.32. The van der Waals surface area contributed by atoms with Crippen LogP contribution >= 0.6 is 0 Å². The Morgan fingerprint density at radius 1 is 1.00 bits per heavy atom. The van der Waals surface area contributed by atoms with Gasteiger partial charge in [-0.05, 0) is 60.6 Å². The van der Waals surface area contributed by atoms with Crippen LogP contribution in [-0.4, -0.2) is 55.9 Å². The van der Waals surface area contributed by atoms with E-state index in [0.29, 0.717) is 19.5 Å². The lowest BCUT2D eigenvalue weighted by Gasteiger charge is -2.35. The minimum Gasteiger partial charge on any atom is -0.352 e. The summed E-state index contributed by atoms with van der Waals surface area (Å²) in [7, 11) is -3.57. The number of likely N-dealkylation sites (tertiary alicyclic amines) is 1. The van der Waals surface area contributed by atoms with Crippen LogP contribution in [0.4, 0.5) is 0 Å². The molecule has 1 aliphatic heterocycles. The highest BCUT2D eigenvalue weighted by Crippen LogP contribution is 2.34. The maximum atomic E-state index is 13.1. The van der Waals surface area contributed by atoms with E-state index >= 15 is 0 Å². The van der Waals surface area contributed by atoms with Crippen LogP contribution in [-0.2, 0) is 27.7 Å². The van der Waals surface area contributed by atoms with Crippen LogP contribution in [0.2, 0.25) is 0 Å². The van der Waals surface area contributed by atoms with Crippen LogP contribution in [0.15, 0.2) is 84.0 Å². The topological polar surface area (TPSA) is 91.4 Å². The predicted octanol–water partition coefficient (Wildman–Crippen LogP) is 2.89. The molecule has 1 amide bonds. The fraction of sp³-hybridized carbons (Fsp3) is 0.357. The molecule has 1 aromatic heterocycles. The molecule has 188 valence electrons. The van der Waals surface area contributed by atoms with E-state index in [0.717, 1.165) is 24.8 Å². The maximum absolute atomic E-state index is 13.1.